The Bertz CT molecular complexity index is 537. The molecule has 0 aliphatic carbocycles. The fourth-order valence-electron chi connectivity index (χ4n) is 3.92. The smallest absolute Gasteiger partial charge is 0.143 e. The van der Waals surface area contributed by atoms with E-state index in [0.717, 1.165) is 44.3 Å². The normalized spacial score (nSPS) is 27.7. The second kappa shape index (κ2) is 6.03. The minimum absolute atomic E-state index is 0.203. The maximum atomic E-state index is 13.9. The molecule has 0 spiro atoms. The van der Waals surface area contributed by atoms with Crippen LogP contribution in [0.15, 0.2) is 18.2 Å². The summed E-state index contributed by atoms with van der Waals surface area (Å²) in [6.07, 6.45) is 5.64. The Labute approximate surface area is 125 Å². The first-order chi connectivity index (χ1) is 10.2. The van der Waals surface area contributed by atoms with Crippen molar-refractivity contribution in [1.82, 2.24) is 5.32 Å². The van der Waals surface area contributed by atoms with Gasteiger partial charge in [-0.25, -0.2) is 4.39 Å². The van der Waals surface area contributed by atoms with Crippen molar-refractivity contribution in [3.63, 3.8) is 0 Å². The molecule has 2 atom stereocenters. The molecular weight excluding hydrogens is 265 g/mol. The first-order valence-corrected chi connectivity index (χ1v) is 7.95. The minimum atomic E-state index is -0.402. The summed E-state index contributed by atoms with van der Waals surface area (Å²) >= 11 is 0. The Hall–Kier alpha value is -1.60. The molecule has 4 heteroatoms. The Morgan fingerprint density at radius 2 is 2.05 bits per heavy atom. The van der Waals surface area contributed by atoms with Crippen molar-refractivity contribution in [3.05, 3.63) is 29.6 Å². The molecule has 21 heavy (non-hydrogen) atoms. The van der Waals surface area contributed by atoms with Crippen LogP contribution in [0.5, 0.6) is 0 Å². The zero-order valence-corrected chi connectivity index (χ0v) is 12.5. The zero-order chi connectivity index (χ0) is 14.8. The molecular formula is C17H22FN3. The number of piperidine rings is 1. The Morgan fingerprint density at radius 1 is 1.33 bits per heavy atom. The van der Waals surface area contributed by atoms with E-state index in [1.165, 1.54) is 6.07 Å². The van der Waals surface area contributed by atoms with Gasteiger partial charge < -0.3 is 10.2 Å². The molecule has 1 N–H and O–H groups in total. The molecule has 2 unspecified atom stereocenters. The van der Waals surface area contributed by atoms with Crippen LogP contribution in [0.1, 0.15) is 44.6 Å². The summed E-state index contributed by atoms with van der Waals surface area (Å²) < 4.78 is 13.9. The molecule has 0 amide bonds. The maximum Gasteiger partial charge on any atom is 0.143 e. The second-order valence-corrected chi connectivity index (χ2v) is 6.16. The molecule has 2 aliphatic rings. The van der Waals surface area contributed by atoms with Gasteiger partial charge in [-0.2, -0.15) is 5.26 Å². The molecule has 3 nitrogen and oxygen atoms in total. The molecule has 2 saturated heterocycles. The lowest BCUT2D eigenvalue weighted by atomic mass is 9.95. The quantitative estimate of drug-likeness (QED) is 0.924. The third-order valence-electron chi connectivity index (χ3n) is 4.80. The van der Waals surface area contributed by atoms with Gasteiger partial charge in [0.25, 0.3) is 0 Å². The first-order valence-electron chi connectivity index (χ1n) is 7.95. The van der Waals surface area contributed by atoms with E-state index in [0.29, 0.717) is 18.1 Å². The van der Waals surface area contributed by atoms with Crippen molar-refractivity contribution in [2.75, 3.05) is 11.4 Å². The molecule has 0 saturated carbocycles. The van der Waals surface area contributed by atoms with Crippen LogP contribution in [0.2, 0.25) is 0 Å². The standard InChI is InChI=1S/C17H22FN3/c1-2-8-20-12-9-13-6-7-14(10-12)21(13)17-5-3-4-16(18)15(17)11-19/h3-5,12-14,20H,2,6-10H2,1H3. The van der Waals surface area contributed by atoms with E-state index >= 15 is 0 Å². The number of halogens is 1. The number of hydrogen-bond donors (Lipinski definition) is 1. The molecule has 3 rings (SSSR count). The lowest BCUT2D eigenvalue weighted by Crippen LogP contribution is -2.49. The molecule has 2 aliphatic heterocycles. The predicted octanol–water partition coefficient (Wildman–Crippen LogP) is 3.20. The van der Waals surface area contributed by atoms with Gasteiger partial charge in [0.1, 0.15) is 17.4 Å². The summed E-state index contributed by atoms with van der Waals surface area (Å²) in [5, 5.41) is 12.9. The Kier molecular flexibility index (Phi) is 4.12. The second-order valence-electron chi connectivity index (χ2n) is 6.16. The summed E-state index contributed by atoms with van der Waals surface area (Å²) in [6.45, 7) is 3.25. The van der Waals surface area contributed by atoms with Crippen molar-refractivity contribution in [2.45, 2.75) is 57.2 Å². The maximum absolute atomic E-state index is 13.9. The summed E-state index contributed by atoms with van der Waals surface area (Å²) in [6, 6.07) is 8.47. The fourth-order valence-corrected chi connectivity index (χ4v) is 3.92. The van der Waals surface area contributed by atoms with Crippen LogP contribution in [-0.2, 0) is 0 Å². The Balaban J connectivity index is 1.83. The van der Waals surface area contributed by atoms with Gasteiger partial charge in [-0.05, 0) is 50.8 Å². The van der Waals surface area contributed by atoms with Crippen LogP contribution < -0.4 is 10.2 Å². The van der Waals surface area contributed by atoms with E-state index in [1.807, 2.05) is 12.1 Å². The molecule has 2 heterocycles. The summed E-state index contributed by atoms with van der Waals surface area (Å²) in [4.78, 5) is 2.31. The highest BCUT2D eigenvalue weighted by Gasteiger charge is 2.41. The molecule has 0 aromatic heterocycles. The van der Waals surface area contributed by atoms with E-state index in [4.69, 9.17) is 0 Å². The van der Waals surface area contributed by atoms with Gasteiger partial charge in [0.05, 0.1) is 5.69 Å². The molecule has 0 radical (unpaired) electrons. The highest BCUT2D eigenvalue weighted by Crippen LogP contribution is 2.40. The molecule has 1 aromatic carbocycles. The van der Waals surface area contributed by atoms with Gasteiger partial charge in [-0.15, -0.1) is 0 Å². The van der Waals surface area contributed by atoms with E-state index in [1.54, 1.807) is 6.07 Å². The van der Waals surface area contributed by atoms with Crippen molar-refractivity contribution < 1.29 is 4.39 Å². The summed E-state index contributed by atoms with van der Waals surface area (Å²) in [5.41, 5.74) is 0.994. The highest BCUT2D eigenvalue weighted by atomic mass is 19.1. The van der Waals surface area contributed by atoms with Crippen molar-refractivity contribution in [2.24, 2.45) is 0 Å². The van der Waals surface area contributed by atoms with Gasteiger partial charge in [0.2, 0.25) is 0 Å². The number of rotatable bonds is 4. The fraction of sp³-hybridized carbons (Fsp3) is 0.588. The van der Waals surface area contributed by atoms with Gasteiger partial charge >= 0.3 is 0 Å². The van der Waals surface area contributed by atoms with E-state index < -0.39 is 5.82 Å². The summed E-state index contributed by atoms with van der Waals surface area (Å²) in [5.74, 6) is -0.402. The van der Waals surface area contributed by atoms with Crippen LogP contribution in [0.4, 0.5) is 10.1 Å². The molecule has 1 aromatic rings. The van der Waals surface area contributed by atoms with Crippen LogP contribution in [-0.4, -0.2) is 24.7 Å². The molecule has 2 bridgehead atoms. The number of fused-ring (bicyclic) bond motifs is 2. The van der Waals surface area contributed by atoms with E-state index in [9.17, 15) is 9.65 Å². The predicted molar refractivity (Wildman–Crippen MR) is 81.7 cm³/mol. The monoisotopic (exact) mass is 287 g/mol. The molecule has 112 valence electrons. The third kappa shape index (κ3) is 2.63. The van der Waals surface area contributed by atoms with Crippen LogP contribution in [0.25, 0.3) is 0 Å². The number of nitrogens with one attached hydrogen (secondary N) is 1. The van der Waals surface area contributed by atoms with Crippen molar-refractivity contribution >= 4 is 5.69 Å². The number of anilines is 1. The van der Waals surface area contributed by atoms with Crippen LogP contribution in [0, 0.1) is 17.1 Å². The minimum Gasteiger partial charge on any atom is -0.364 e. The Morgan fingerprint density at radius 3 is 2.67 bits per heavy atom. The number of hydrogen-bond acceptors (Lipinski definition) is 3. The largest absolute Gasteiger partial charge is 0.364 e. The first kappa shape index (κ1) is 14.3. The van der Waals surface area contributed by atoms with Crippen LogP contribution >= 0.6 is 0 Å². The van der Waals surface area contributed by atoms with E-state index in [2.05, 4.69) is 17.1 Å². The van der Waals surface area contributed by atoms with Crippen molar-refractivity contribution in [3.8, 4) is 6.07 Å². The van der Waals surface area contributed by atoms with E-state index in [-0.39, 0.29) is 5.56 Å². The average molecular weight is 287 g/mol. The lowest BCUT2D eigenvalue weighted by Gasteiger charge is -2.41. The lowest BCUT2D eigenvalue weighted by molar-refractivity contribution is 0.356. The number of nitriles is 1. The highest BCUT2D eigenvalue weighted by molar-refractivity contribution is 5.62. The SMILES string of the molecule is CCCNC1CC2CCC(C1)N2c1cccc(F)c1C#N. The van der Waals surface area contributed by atoms with Gasteiger partial charge in [0.15, 0.2) is 0 Å². The van der Waals surface area contributed by atoms with Crippen molar-refractivity contribution in [1.29, 1.82) is 5.26 Å². The molecule has 2 fully saturated rings. The number of nitrogens with zero attached hydrogens (tertiary/aromatic N) is 2. The number of benzene rings is 1. The summed E-state index contributed by atoms with van der Waals surface area (Å²) in [7, 11) is 0. The van der Waals surface area contributed by atoms with Gasteiger partial charge in [0, 0.05) is 18.1 Å². The third-order valence-corrected chi connectivity index (χ3v) is 4.80. The average Bonchev–Trinajstić information content (AvgIpc) is 2.75. The zero-order valence-electron chi connectivity index (χ0n) is 12.5. The topological polar surface area (TPSA) is 39.1 Å². The van der Waals surface area contributed by atoms with Gasteiger partial charge in [-0.3, -0.25) is 0 Å². The van der Waals surface area contributed by atoms with Gasteiger partial charge in [-0.1, -0.05) is 13.0 Å². The van der Waals surface area contributed by atoms with Crippen LogP contribution in [0.3, 0.4) is 0 Å².